The summed E-state index contributed by atoms with van der Waals surface area (Å²) >= 11 is 7.46. The van der Waals surface area contributed by atoms with Crippen LogP contribution in [0.25, 0.3) is 11.3 Å². The lowest BCUT2D eigenvalue weighted by Gasteiger charge is -2.02. The first-order valence-electron chi connectivity index (χ1n) is 4.54. The zero-order chi connectivity index (χ0) is 11.1. The molecule has 1 aromatic heterocycles. The summed E-state index contributed by atoms with van der Waals surface area (Å²) in [4.78, 5) is 4.19. The Kier molecular flexibility index (Phi) is 2.15. The molecule has 0 atom stereocenters. The minimum atomic E-state index is 0.206. The predicted octanol–water partition coefficient (Wildman–Crippen LogP) is 2.77. The van der Waals surface area contributed by atoms with E-state index in [2.05, 4.69) is 4.98 Å². The summed E-state index contributed by atoms with van der Waals surface area (Å²) < 4.78 is 10.5. The van der Waals surface area contributed by atoms with E-state index in [-0.39, 0.29) is 6.79 Å². The molecule has 1 aliphatic heterocycles. The van der Waals surface area contributed by atoms with Gasteiger partial charge in [-0.2, -0.15) is 0 Å². The first-order chi connectivity index (χ1) is 7.74. The van der Waals surface area contributed by atoms with Crippen LogP contribution in [0.1, 0.15) is 0 Å². The zero-order valence-electron chi connectivity index (χ0n) is 8.07. The van der Waals surface area contributed by atoms with Crippen molar-refractivity contribution in [2.24, 2.45) is 0 Å². The number of thiazole rings is 1. The van der Waals surface area contributed by atoms with Gasteiger partial charge in [0.2, 0.25) is 6.79 Å². The lowest BCUT2D eigenvalue weighted by molar-refractivity contribution is 0.174. The van der Waals surface area contributed by atoms with E-state index in [1.54, 1.807) is 6.07 Å². The Bertz CT molecular complexity index is 556. The molecule has 0 spiro atoms. The quantitative estimate of drug-likeness (QED) is 0.850. The van der Waals surface area contributed by atoms with Crippen LogP contribution < -0.4 is 15.2 Å². The second kappa shape index (κ2) is 3.54. The highest BCUT2D eigenvalue weighted by Crippen LogP contribution is 2.42. The molecule has 6 heteroatoms. The maximum Gasteiger partial charge on any atom is 0.231 e. The summed E-state index contributed by atoms with van der Waals surface area (Å²) in [6.07, 6.45) is 0. The van der Waals surface area contributed by atoms with E-state index in [0.717, 1.165) is 11.3 Å². The summed E-state index contributed by atoms with van der Waals surface area (Å²) in [5.41, 5.74) is 7.26. The van der Waals surface area contributed by atoms with Crippen LogP contribution >= 0.6 is 22.9 Å². The molecule has 0 saturated heterocycles. The summed E-state index contributed by atoms with van der Waals surface area (Å²) in [5.74, 6) is 1.24. The van der Waals surface area contributed by atoms with Gasteiger partial charge in [0.15, 0.2) is 16.6 Å². The third-order valence-corrected chi connectivity index (χ3v) is 3.20. The molecule has 2 heterocycles. The van der Waals surface area contributed by atoms with Crippen molar-refractivity contribution >= 4 is 28.1 Å². The smallest absolute Gasteiger partial charge is 0.231 e. The van der Waals surface area contributed by atoms with Crippen LogP contribution in [0.15, 0.2) is 17.5 Å². The Morgan fingerprint density at radius 2 is 2.25 bits per heavy atom. The van der Waals surface area contributed by atoms with Crippen LogP contribution in [0, 0.1) is 0 Å². The summed E-state index contributed by atoms with van der Waals surface area (Å²) in [6.45, 7) is 0.206. The number of rotatable bonds is 1. The number of nitrogens with zero attached hydrogens (tertiary/aromatic N) is 1. The monoisotopic (exact) mass is 254 g/mol. The highest BCUT2D eigenvalue weighted by Gasteiger charge is 2.19. The molecule has 2 aromatic rings. The molecule has 0 radical (unpaired) electrons. The summed E-state index contributed by atoms with van der Waals surface area (Å²) in [7, 11) is 0. The van der Waals surface area contributed by atoms with E-state index in [4.69, 9.17) is 26.8 Å². The molecule has 16 heavy (non-hydrogen) atoms. The number of aromatic nitrogens is 1. The van der Waals surface area contributed by atoms with Gasteiger partial charge in [0.1, 0.15) is 0 Å². The molecule has 1 aromatic carbocycles. The molecule has 0 fully saturated rings. The molecule has 2 N–H and O–H groups in total. The van der Waals surface area contributed by atoms with Gasteiger partial charge >= 0.3 is 0 Å². The highest BCUT2D eigenvalue weighted by atomic mass is 35.5. The number of fused-ring (bicyclic) bond motifs is 1. The van der Waals surface area contributed by atoms with Gasteiger partial charge in [0.05, 0.1) is 10.7 Å². The van der Waals surface area contributed by atoms with Gasteiger partial charge in [-0.15, -0.1) is 11.3 Å². The largest absolute Gasteiger partial charge is 0.454 e. The van der Waals surface area contributed by atoms with E-state index in [9.17, 15) is 0 Å². The van der Waals surface area contributed by atoms with Crippen molar-refractivity contribution in [2.45, 2.75) is 0 Å². The molecule has 0 unspecified atom stereocenters. The van der Waals surface area contributed by atoms with Crippen LogP contribution in [-0.2, 0) is 0 Å². The average Bonchev–Trinajstić information content (AvgIpc) is 2.85. The maximum atomic E-state index is 6.07. The molecular formula is C10H7ClN2O2S. The third-order valence-electron chi connectivity index (χ3n) is 2.24. The zero-order valence-corrected chi connectivity index (χ0v) is 9.64. The molecule has 82 valence electrons. The van der Waals surface area contributed by atoms with Crippen molar-refractivity contribution in [1.29, 1.82) is 0 Å². The Morgan fingerprint density at radius 1 is 1.38 bits per heavy atom. The molecule has 0 saturated carbocycles. The van der Waals surface area contributed by atoms with Crippen molar-refractivity contribution < 1.29 is 9.47 Å². The Hall–Kier alpha value is -1.46. The van der Waals surface area contributed by atoms with Crippen molar-refractivity contribution in [3.8, 4) is 22.8 Å². The second-order valence-electron chi connectivity index (χ2n) is 3.26. The topological polar surface area (TPSA) is 57.4 Å². The first-order valence-corrected chi connectivity index (χ1v) is 5.80. The first kappa shape index (κ1) is 9.74. The van der Waals surface area contributed by atoms with Gasteiger partial charge in [-0.3, -0.25) is 0 Å². The molecule has 0 aliphatic carbocycles. The Morgan fingerprint density at radius 3 is 3.00 bits per heavy atom. The lowest BCUT2D eigenvalue weighted by Crippen LogP contribution is -1.93. The van der Waals surface area contributed by atoms with Crippen LogP contribution in [0.4, 0.5) is 5.13 Å². The van der Waals surface area contributed by atoms with Crippen molar-refractivity contribution in [1.82, 2.24) is 4.98 Å². The van der Waals surface area contributed by atoms with Gasteiger partial charge in [0, 0.05) is 10.9 Å². The fraction of sp³-hybridized carbons (Fsp3) is 0.100. The van der Waals surface area contributed by atoms with Gasteiger partial charge in [0.25, 0.3) is 0 Å². The van der Waals surface area contributed by atoms with Gasteiger partial charge in [-0.25, -0.2) is 4.98 Å². The van der Waals surface area contributed by atoms with Crippen LogP contribution in [0.5, 0.6) is 11.5 Å². The van der Waals surface area contributed by atoms with E-state index in [0.29, 0.717) is 21.7 Å². The number of benzene rings is 1. The van der Waals surface area contributed by atoms with Crippen molar-refractivity contribution in [2.75, 3.05) is 12.5 Å². The van der Waals surface area contributed by atoms with E-state index >= 15 is 0 Å². The number of nitrogen functional groups attached to an aromatic ring is 1. The second-order valence-corrected chi connectivity index (χ2v) is 4.56. The highest BCUT2D eigenvalue weighted by molar-refractivity contribution is 7.13. The van der Waals surface area contributed by atoms with Crippen LogP contribution in [0.3, 0.4) is 0 Å². The number of ether oxygens (including phenoxy) is 2. The predicted molar refractivity (Wildman–Crippen MR) is 63.1 cm³/mol. The Balaban J connectivity index is 2.12. The van der Waals surface area contributed by atoms with Crippen LogP contribution in [0.2, 0.25) is 5.02 Å². The minimum Gasteiger partial charge on any atom is -0.454 e. The van der Waals surface area contributed by atoms with E-state index in [1.165, 1.54) is 11.3 Å². The number of hydrogen-bond donors (Lipinski definition) is 1. The number of halogens is 1. The standard InChI is InChI=1S/C10H7ClN2O2S/c11-6-1-5(7-3-16-10(12)13-7)2-8-9(6)15-4-14-8/h1-3H,4H2,(H2,12,13). The maximum absolute atomic E-state index is 6.07. The number of hydrogen-bond acceptors (Lipinski definition) is 5. The fourth-order valence-electron chi connectivity index (χ4n) is 1.54. The number of nitrogens with two attached hydrogens (primary N) is 1. The third kappa shape index (κ3) is 1.48. The molecule has 3 rings (SSSR count). The minimum absolute atomic E-state index is 0.206. The fourth-order valence-corrected chi connectivity index (χ4v) is 2.37. The normalized spacial score (nSPS) is 13.1. The molecule has 1 aliphatic rings. The number of anilines is 1. The lowest BCUT2D eigenvalue weighted by atomic mass is 10.1. The molecular weight excluding hydrogens is 248 g/mol. The molecule has 0 amide bonds. The van der Waals surface area contributed by atoms with Crippen molar-refractivity contribution in [3.63, 3.8) is 0 Å². The summed E-state index contributed by atoms with van der Waals surface area (Å²) in [5, 5.41) is 2.93. The van der Waals surface area contributed by atoms with E-state index in [1.807, 2.05) is 11.4 Å². The summed E-state index contributed by atoms with van der Waals surface area (Å²) in [6, 6.07) is 3.65. The van der Waals surface area contributed by atoms with E-state index < -0.39 is 0 Å². The van der Waals surface area contributed by atoms with Crippen LogP contribution in [-0.4, -0.2) is 11.8 Å². The average molecular weight is 255 g/mol. The van der Waals surface area contributed by atoms with Crippen molar-refractivity contribution in [3.05, 3.63) is 22.5 Å². The Labute approximate surface area is 101 Å². The van der Waals surface area contributed by atoms with Gasteiger partial charge in [-0.05, 0) is 12.1 Å². The SMILES string of the molecule is Nc1nc(-c2cc(Cl)c3c(c2)OCO3)cs1. The molecule has 0 bridgehead atoms. The molecule has 4 nitrogen and oxygen atoms in total. The van der Waals surface area contributed by atoms with Gasteiger partial charge in [-0.1, -0.05) is 11.6 Å². The van der Waals surface area contributed by atoms with Gasteiger partial charge < -0.3 is 15.2 Å².